The molecule has 0 atom stereocenters. The number of aryl methyl sites for hydroxylation is 1. The van der Waals surface area contributed by atoms with Crippen molar-refractivity contribution in [2.24, 2.45) is 12.9 Å². The Morgan fingerprint density at radius 1 is 1.38 bits per heavy atom. The summed E-state index contributed by atoms with van der Waals surface area (Å²) in [5, 5.41) is 0. The number of pyridine rings is 1. The van der Waals surface area contributed by atoms with Crippen molar-refractivity contribution in [3.63, 3.8) is 0 Å². The quantitative estimate of drug-likeness (QED) is 0.665. The van der Waals surface area contributed by atoms with E-state index in [9.17, 15) is 13.2 Å². The molecule has 0 unspecified atom stereocenters. The number of imidazole rings is 1. The van der Waals surface area contributed by atoms with Crippen LogP contribution in [0.3, 0.4) is 0 Å². The van der Waals surface area contributed by atoms with Crippen LogP contribution in [0.4, 0.5) is 24.8 Å². The number of nitrogens with two attached hydrogens (primary N) is 1. The zero-order valence-electron chi connectivity index (χ0n) is 11.5. The summed E-state index contributed by atoms with van der Waals surface area (Å²) in [6.45, 7) is 0.321. The second-order valence-corrected chi connectivity index (χ2v) is 4.55. The molecule has 0 aliphatic heterocycles. The van der Waals surface area contributed by atoms with Gasteiger partial charge in [0.15, 0.2) is 0 Å². The molecular formula is C12H15F3N6. The van der Waals surface area contributed by atoms with Gasteiger partial charge in [0, 0.05) is 26.5 Å². The summed E-state index contributed by atoms with van der Waals surface area (Å²) in [5.41, 5.74) is 1.33. The monoisotopic (exact) mass is 300 g/mol. The molecule has 3 N–H and O–H groups in total. The number of hydrogen-bond acceptors (Lipinski definition) is 5. The van der Waals surface area contributed by atoms with Crippen molar-refractivity contribution in [1.82, 2.24) is 14.5 Å². The standard InChI is InChI=1S/C12H15F3N6/c1-20-4-3-17-11(20)7-21(2)10-6-8(12(13,14)15)5-9(18-10)19-16/h3-6H,7,16H2,1-2H3,(H,18,19). The number of rotatable bonds is 4. The van der Waals surface area contributed by atoms with Gasteiger partial charge in [-0.15, -0.1) is 0 Å². The SMILES string of the molecule is CN(Cc1nccn1C)c1cc(C(F)(F)F)cc(NN)n1. The minimum Gasteiger partial charge on any atom is -0.352 e. The van der Waals surface area contributed by atoms with Crippen LogP contribution >= 0.6 is 0 Å². The third kappa shape index (κ3) is 3.43. The maximum atomic E-state index is 12.9. The molecule has 9 heteroatoms. The van der Waals surface area contributed by atoms with Crippen molar-refractivity contribution in [3.05, 3.63) is 35.9 Å². The predicted octanol–water partition coefficient (Wildman–Crippen LogP) is 1.76. The summed E-state index contributed by atoms with van der Waals surface area (Å²) in [6.07, 6.45) is -1.08. The van der Waals surface area contributed by atoms with Crippen LogP contribution in [0.15, 0.2) is 24.5 Å². The minimum absolute atomic E-state index is 0.0495. The molecule has 0 bridgehead atoms. The van der Waals surface area contributed by atoms with E-state index in [0.717, 1.165) is 12.1 Å². The van der Waals surface area contributed by atoms with Crippen LogP contribution in [0, 0.1) is 0 Å². The Morgan fingerprint density at radius 2 is 2.10 bits per heavy atom. The van der Waals surface area contributed by atoms with E-state index in [0.29, 0.717) is 12.4 Å². The van der Waals surface area contributed by atoms with Gasteiger partial charge in [-0.2, -0.15) is 13.2 Å². The molecule has 21 heavy (non-hydrogen) atoms. The van der Waals surface area contributed by atoms with E-state index in [-0.39, 0.29) is 11.6 Å². The third-order valence-electron chi connectivity index (χ3n) is 2.98. The molecule has 0 aromatic carbocycles. The van der Waals surface area contributed by atoms with E-state index >= 15 is 0 Å². The second-order valence-electron chi connectivity index (χ2n) is 4.55. The second kappa shape index (κ2) is 5.60. The number of alkyl halides is 3. The molecule has 0 saturated heterocycles. The Morgan fingerprint density at radius 3 is 2.62 bits per heavy atom. The molecule has 0 radical (unpaired) electrons. The van der Waals surface area contributed by atoms with Gasteiger partial charge in [0.2, 0.25) is 0 Å². The highest BCUT2D eigenvalue weighted by molar-refractivity contribution is 5.50. The number of hydrazine groups is 1. The smallest absolute Gasteiger partial charge is 0.352 e. The molecular weight excluding hydrogens is 285 g/mol. The molecule has 0 fully saturated rings. The number of nitrogens with one attached hydrogen (secondary N) is 1. The first-order valence-corrected chi connectivity index (χ1v) is 6.04. The first kappa shape index (κ1) is 15.1. The van der Waals surface area contributed by atoms with Gasteiger partial charge in [0.05, 0.1) is 12.1 Å². The van der Waals surface area contributed by atoms with Crippen LogP contribution in [0.1, 0.15) is 11.4 Å². The van der Waals surface area contributed by atoms with Crippen LogP contribution in [0.25, 0.3) is 0 Å². The largest absolute Gasteiger partial charge is 0.416 e. The number of nitrogen functional groups attached to an aromatic ring is 1. The summed E-state index contributed by atoms with van der Waals surface area (Å²) >= 11 is 0. The third-order valence-corrected chi connectivity index (χ3v) is 2.98. The first-order valence-electron chi connectivity index (χ1n) is 6.04. The summed E-state index contributed by atoms with van der Waals surface area (Å²) in [5.74, 6) is 5.99. The zero-order chi connectivity index (χ0) is 15.6. The molecule has 2 heterocycles. The summed E-state index contributed by atoms with van der Waals surface area (Å²) in [7, 11) is 3.44. The molecule has 2 rings (SSSR count). The highest BCUT2D eigenvalue weighted by Crippen LogP contribution is 2.32. The van der Waals surface area contributed by atoms with E-state index in [1.54, 1.807) is 28.9 Å². The number of hydrogen-bond donors (Lipinski definition) is 2. The molecule has 0 aliphatic rings. The fraction of sp³-hybridized carbons (Fsp3) is 0.333. The van der Waals surface area contributed by atoms with Crippen molar-refractivity contribution in [3.8, 4) is 0 Å². The summed E-state index contributed by atoms with van der Waals surface area (Å²) in [4.78, 5) is 9.72. The Labute approximate surface area is 119 Å². The van der Waals surface area contributed by atoms with E-state index in [4.69, 9.17) is 5.84 Å². The zero-order valence-corrected chi connectivity index (χ0v) is 11.5. The van der Waals surface area contributed by atoms with Gasteiger partial charge in [-0.25, -0.2) is 15.8 Å². The summed E-state index contributed by atoms with van der Waals surface area (Å²) in [6, 6.07) is 1.84. The normalized spacial score (nSPS) is 11.5. The first-order chi connectivity index (χ1) is 9.81. The maximum Gasteiger partial charge on any atom is 0.416 e. The van der Waals surface area contributed by atoms with E-state index < -0.39 is 11.7 Å². The van der Waals surface area contributed by atoms with Gasteiger partial charge in [-0.05, 0) is 12.1 Å². The molecule has 0 spiro atoms. The Hall–Kier alpha value is -2.29. The van der Waals surface area contributed by atoms with Crippen LogP contribution < -0.4 is 16.2 Å². The van der Waals surface area contributed by atoms with Crippen molar-refractivity contribution >= 4 is 11.6 Å². The van der Waals surface area contributed by atoms with Crippen molar-refractivity contribution in [1.29, 1.82) is 0 Å². The van der Waals surface area contributed by atoms with E-state index in [2.05, 4.69) is 15.4 Å². The molecule has 2 aromatic heterocycles. The van der Waals surface area contributed by atoms with Crippen molar-refractivity contribution < 1.29 is 13.2 Å². The highest BCUT2D eigenvalue weighted by Gasteiger charge is 2.32. The minimum atomic E-state index is -4.46. The van der Waals surface area contributed by atoms with E-state index in [1.165, 1.54) is 0 Å². The van der Waals surface area contributed by atoms with Crippen molar-refractivity contribution in [2.45, 2.75) is 12.7 Å². The highest BCUT2D eigenvalue weighted by atomic mass is 19.4. The lowest BCUT2D eigenvalue weighted by Crippen LogP contribution is -2.22. The Kier molecular flexibility index (Phi) is 4.03. The molecule has 2 aromatic rings. The maximum absolute atomic E-state index is 12.9. The number of anilines is 2. The van der Waals surface area contributed by atoms with Crippen LogP contribution in [0.2, 0.25) is 0 Å². The fourth-order valence-electron chi connectivity index (χ4n) is 1.79. The molecule has 0 saturated carbocycles. The van der Waals surface area contributed by atoms with Crippen LogP contribution in [-0.2, 0) is 19.8 Å². The number of halogens is 3. The lowest BCUT2D eigenvalue weighted by molar-refractivity contribution is -0.137. The van der Waals surface area contributed by atoms with Gasteiger partial charge < -0.3 is 14.9 Å². The van der Waals surface area contributed by atoms with Crippen LogP contribution in [-0.4, -0.2) is 21.6 Å². The molecule has 0 aliphatic carbocycles. The number of aromatic nitrogens is 3. The number of nitrogens with zero attached hydrogens (tertiary/aromatic N) is 4. The Bertz CT molecular complexity index is 622. The molecule has 6 nitrogen and oxygen atoms in total. The van der Waals surface area contributed by atoms with Crippen LogP contribution in [0.5, 0.6) is 0 Å². The van der Waals surface area contributed by atoms with Crippen molar-refractivity contribution in [2.75, 3.05) is 17.4 Å². The average Bonchev–Trinajstić information content (AvgIpc) is 2.82. The fourth-order valence-corrected chi connectivity index (χ4v) is 1.79. The van der Waals surface area contributed by atoms with Gasteiger partial charge in [0.1, 0.15) is 17.5 Å². The lowest BCUT2D eigenvalue weighted by atomic mass is 10.2. The average molecular weight is 300 g/mol. The van der Waals surface area contributed by atoms with Gasteiger partial charge in [-0.3, -0.25) is 0 Å². The lowest BCUT2D eigenvalue weighted by Gasteiger charge is -2.20. The van der Waals surface area contributed by atoms with Gasteiger partial charge in [0.25, 0.3) is 0 Å². The predicted molar refractivity (Wildman–Crippen MR) is 72.4 cm³/mol. The topological polar surface area (TPSA) is 72.0 Å². The van der Waals surface area contributed by atoms with Gasteiger partial charge >= 0.3 is 6.18 Å². The van der Waals surface area contributed by atoms with E-state index in [1.807, 2.05) is 7.05 Å². The summed E-state index contributed by atoms with van der Waals surface area (Å²) < 4.78 is 40.4. The molecule has 0 amide bonds. The van der Waals surface area contributed by atoms with Gasteiger partial charge in [-0.1, -0.05) is 0 Å². The Balaban J connectivity index is 2.32. The molecule has 114 valence electrons.